The lowest BCUT2D eigenvalue weighted by atomic mass is 9.96. The number of thiophene rings is 1. The monoisotopic (exact) mass is 445 g/mol. The van der Waals surface area contributed by atoms with Gasteiger partial charge in [-0.15, -0.1) is 11.3 Å². The Hall–Kier alpha value is -2.87. The maximum Gasteiger partial charge on any atom is 0.183 e. The van der Waals surface area contributed by atoms with E-state index in [1.54, 1.807) is 18.6 Å². The van der Waals surface area contributed by atoms with Gasteiger partial charge in [0.1, 0.15) is 16.3 Å². The van der Waals surface area contributed by atoms with E-state index in [1.807, 2.05) is 23.1 Å². The number of hydrogen-bond donors (Lipinski definition) is 0. The topological polar surface area (TPSA) is 72.6 Å². The van der Waals surface area contributed by atoms with E-state index in [9.17, 15) is 0 Å². The highest BCUT2D eigenvalue weighted by atomic mass is 32.1. The highest BCUT2D eigenvalue weighted by Crippen LogP contribution is 2.45. The average molecular weight is 446 g/mol. The van der Waals surface area contributed by atoms with Gasteiger partial charge in [-0.25, -0.2) is 15.0 Å². The van der Waals surface area contributed by atoms with Crippen LogP contribution in [-0.2, 0) is 19.9 Å². The van der Waals surface area contributed by atoms with Gasteiger partial charge in [-0.2, -0.15) is 5.10 Å². The zero-order valence-corrected chi connectivity index (χ0v) is 19.6. The second-order valence-electron chi connectivity index (χ2n) is 8.91. The molecule has 32 heavy (non-hydrogen) atoms. The van der Waals surface area contributed by atoms with Gasteiger partial charge >= 0.3 is 0 Å². The molecule has 6 rings (SSSR count). The molecule has 1 aliphatic carbocycles. The molecular weight excluding hydrogens is 418 g/mol. The third kappa shape index (κ3) is 3.03. The van der Waals surface area contributed by atoms with Crippen molar-refractivity contribution in [2.45, 2.75) is 58.4 Å². The predicted molar refractivity (Wildman–Crippen MR) is 127 cm³/mol. The quantitative estimate of drug-likeness (QED) is 0.454. The first-order valence-corrected chi connectivity index (χ1v) is 12.3. The number of aromatic nitrogens is 6. The molecule has 0 saturated carbocycles. The summed E-state index contributed by atoms with van der Waals surface area (Å²) in [6.45, 7) is 5.31. The van der Waals surface area contributed by atoms with E-state index >= 15 is 0 Å². The minimum atomic E-state index is 0.288. The highest BCUT2D eigenvalue weighted by Gasteiger charge is 2.34. The Morgan fingerprint density at radius 1 is 1.06 bits per heavy atom. The van der Waals surface area contributed by atoms with Gasteiger partial charge in [0.05, 0.1) is 23.3 Å². The molecule has 4 aromatic heterocycles. The fourth-order valence-electron chi connectivity index (χ4n) is 5.47. The van der Waals surface area contributed by atoms with Crippen LogP contribution in [0.3, 0.4) is 0 Å². The third-order valence-electron chi connectivity index (χ3n) is 7.01. The Morgan fingerprint density at radius 3 is 2.72 bits per heavy atom. The number of hydrogen-bond acceptors (Lipinski definition) is 7. The summed E-state index contributed by atoms with van der Waals surface area (Å²) in [6.07, 6.45) is 12.2. The first kappa shape index (κ1) is 19.8. The van der Waals surface area contributed by atoms with Crippen molar-refractivity contribution in [1.82, 2.24) is 29.7 Å². The van der Waals surface area contributed by atoms with Crippen LogP contribution in [0, 0.1) is 13.8 Å². The first-order chi connectivity index (χ1) is 15.6. The minimum absolute atomic E-state index is 0.288. The fourth-order valence-corrected chi connectivity index (χ4v) is 6.72. The van der Waals surface area contributed by atoms with E-state index in [1.165, 1.54) is 39.9 Å². The molecule has 2 aliphatic rings. The standard InChI is InChI=1S/C24H27N7S/c1-14-20(15(2)30(3)29-14)18-8-6-12-31(18)23-21-16-7-4-5-9-19(16)32-24(21)28-22(27-23)17-13-25-10-11-26-17/h10-11,13,18H,4-9,12H2,1-3H3. The summed E-state index contributed by atoms with van der Waals surface area (Å²) in [5.74, 6) is 1.74. The summed E-state index contributed by atoms with van der Waals surface area (Å²) in [5.41, 5.74) is 5.91. The van der Waals surface area contributed by atoms with Crippen LogP contribution >= 0.6 is 11.3 Å². The predicted octanol–water partition coefficient (Wildman–Crippen LogP) is 4.72. The third-order valence-corrected chi connectivity index (χ3v) is 8.20. The van der Waals surface area contributed by atoms with E-state index in [2.05, 4.69) is 28.7 Å². The van der Waals surface area contributed by atoms with Crippen molar-refractivity contribution in [2.24, 2.45) is 7.05 Å². The molecule has 0 radical (unpaired) electrons. The molecule has 7 nitrogen and oxygen atoms in total. The van der Waals surface area contributed by atoms with Crippen LogP contribution in [0.1, 0.15) is 59.1 Å². The molecule has 0 N–H and O–H groups in total. The number of fused-ring (bicyclic) bond motifs is 3. The number of anilines is 1. The second kappa shape index (κ2) is 7.62. The average Bonchev–Trinajstić information content (AvgIpc) is 3.49. The van der Waals surface area contributed by atoms with E-state index in [0.717, 1.165) is 54.3 Å². The number of rotatable bonds is 3. The van der Waals surface area contributed by atoms with Crippen LogP contribution in [-0.4, -0.2) is 36.3 Å². The van der Waals surface area contributed by atoms with Crippen LogP contribution in [0.15, 0.2) is 18.6 Å². The maximum atomic E-state index is 5.17. The Bertz CT molecular complexity index is 1310. The maximum absolute atomic E-state index is 5.17. The molecule has 1 unspecified atom stereocenters. The molecule has 1 aliphatic heterocycles. The van der Waals surface area contributed by atoms with Crippen molar-refractivity contribution in [1.29, 1.82) is 0 Å². The molecular formula is C24H27N7S. The summed E-state index contributed by atoms with van der Waals surface area (Å²) >= 11 is 1.85. The highest BCUT2D eigenvalue weighted by molar-refractivity contribution is 7.19. The van der Waals surface area contributed by atoms with Crippen molar-refractivity contribution >= 4 is 27.4 Å². The Labute approximate surface area is 191 Å². The zero-order valence-electron chi connectivity index (χ0n) is 18.8. The molecule has 0 bridgehead atoms. The van der Waals surface area contributed by atoms with Crippen LogP contribution in [0.5, 0.6) is 0 Å². The molecule has 4 aromatic rings. The normalized spacial score (nSPS) is 18.5. The smallest absolute Gasteiger partial charge is 0.183 e. The first-order valence-electron chi connectivity index (χ1n) is 11.5. The Morgan fingerprint density at radius 2 is 1.94 bits per heavy atom. The SMILES string of the molecule is Cc1nn(C)c(C)c1C1CCCN1c1nc(-c2cnccn2)nc2sc3c(c12)CCCC3. The van der Waals surface area contributed by atoms with Gasteiger partial charge < -0.3 is 4.90 Å². The lowest BCUT2D eigenvalue weighted by molar-refractivity contribution is 0.690. The largest absolute Gasteiger partial charge is 0.349 e. The lowest BCUT2D eigenvalue weighted by Gasteiger charge is -2.28. The Balaban J connectivity index is 1.57. The van der Waals surface area contributed by atoms with E-state index in [0.29, 0.717) is 5.82 Å². The van der Waals surface area contributed by atoms with Gasteiger partial charge in [0, 0.05) is 42.1 Å². The molecule has 1 atom stereocenters. The van der Waals surface area contributed by atoms with Crippen LogP contribution in [0.2, 0.25) is 0 Å². The molecule has 1 saturated heterocycles. The summed E-state index contributed by atoms with van der Waals surface area (Å²) in [5, 5.41) is 5.98. The van der Waals surface area contributed by atoms with E-state index < -0.39 is 0 Å². The van der Waals surface area contributed by atoms with Gasteiger partial charge in [-0.1, -0.05) is 0 Å². The van der Waals surface area contributed by atoms with Gasteiger partial charge in [0.25, 0.3) is 0 Å². The number of nitrogens with zero attached hydrogens (tertiary/aromatic N) is 7. The van der Waals surface area contributed by atoms with Gasteiger partial charge in [-0.05, 0) is 57.9 Å². The van der Waals surface area contributed by atoms with E-state index in [4.69, 9.17) is 15.1 Å². The fraction of sp³-hybridized carbons (Fsp3) is 0.458. The summed E-state index contributed by atoms with van der Waals surface area (Å²) in [4.78, 5) is 24.0. The van der Waals surface area contributed by atoms with Crippen LogP contribution in [0.4, 0.5) is 5.82 Å². The van der Waals surface area contributed by atoms with Crippen LogP contribution < -0.4 is 4.90 Å². The van der Waals surface area contributed by atoms with E-state index in [-0.39, 0.29) is 6.04 Å². The van der Waals surface area contributed by atoms with Crippen molar-refractivity contribution in [3.8, 4) is 11.5 Å². The zero-order chi connectivity index (χ0) is 21.8. The van der Waals surface area contributed by atoms with Crippen molar-refractivity contribution in [3.05, 3.63) is 46.0 Å². The van der Waals surface area contributed by atoms with Gasteiger partial charge in [0.2, 0.25) is 0 Å². The molecule has 1 fully saturated rings. The molecule has 0 aromatic carbocycles. The minimum Gasteiger partial charge on any atom is -0.349 e. The lowest BCUT2D eigenvalue weighted by Crippen LogP contribution is -2.25. The van der Waals surface area contributed by atoms with Crippen molar-refractivity contribution in [3.63, 3.8) is 0 Å². The molecule has 8 heteroatoms. The number of aryl methyl sites for hydroxylation is 4. The van der Waals surface area contributed by atoms with Crippen molar-refractivity contribution < 1.29 is 0 Å². The van der Waals surface area contributed by atoms with Crippen molar-refractivity contribution in [2.75, 3.05) is 11.4 Å². The molecule has 0 amide bonds. The summed E-state index contributed by atoms with van der Waals surface area (Å²) in [7, 11) is 2.04. The molecule has 5 heterocycles. The van der Waals surface area contributed by atoms with Gasteiger partial charge in [-0.3, -0.25) is 9.67 Å². The second-order valence-corrected chi connectivity index (χ2v) is 10.00. The molecule has 164 valence electrons. The Kier molecular flexibility index (Phi) is 4.71. The van der Waals surface area contributed by atoms with Crippen LogP contribution in [0.25, 0.3) is 21.7 Å². The molecule has 0 spiro atoms. The summed E-state index contributed by atoms with van der Waals surface area (Å²) in [6, 6.07) is 0.288. The van der Waals surface area contributed by atoms with Gasteiger partial charge in [0.15, 0.2) is 5.82 Å². The summed E-state index contributed by atoms with van der Waals surface area (Å²) < 4.78 is 2.01.